The first-order chi connectivity index (χ1) is 8.99. The highest BCUT2D eigenvalue weighted by Crippen LogP contribution is 2.29. The molecule has 0 fully saturated rings. The number of halogens is 2. The molecule has 1 aromatic carbocycles. The van der Waals surface area contributed by atoms with Crippen molar-refractivity contribution in [3.05, 3.63) is 27.7 Å². The molecule has 5 nitrogen and oxygen atoms in total. The fourth-order valence-electron chi connectivity index (χ4n) is 1.45. The average Bonchev–Trinajstić information content (AvgIpc) is 2.72. The lowest BCUT2D eigenvalue weighted by atomic mass is 10.2. The summed E-state index contributed by atoms with van der Waals surface area (Å²) in [5.74, 6) is -0.295. The molecule has 0 saturated carbocycles. The summed E-state index contributed by atoms with van der Waals surface area (Å²) in [5, 5.41) is 17.8. The van der Waals surface area contributed by atoms with Gasteiger partial charge in [0.15, 0.2) is 11.0 Å². The third-order valence-electron chi connectivity index (χ3n) is 2.34. The van der Waals surface area contributed by atoms with Crippen LogP contribution in [0.5, 0.6) is 0 Å². The van der Waals surface area contributed by atoms with Gasteiger partial charge in [0.05, 0.1) is 10.8 Å². The van der Waals surface area contributed by atoms with E-state index < -0.39 is 5.97 Å². The minimum atomic E-state index is -0.888. The van der Waals surface area contributed by atoms with Gasteiger partial charge in [-0.3, -0.25) is 4.79 Å². The molecule has 0 aliphatic heterocycles. The zero-order chi connectivity index (χ0) is 14.0. The highest BCUT2D eigenvalue weighted by atomic mass is 79.9. The van der Waals surface area contributed by atoms with Gasteiger partial charge in [-0.25, -0.2) is 0 Å². The number of nitrogens with zero attached hydrogens (tertiary/aromatic N) is 3. The molecule has 0 amide bonds. The Balaban J connectivity index is 2.30. The van der Waals surface area contributed by atoms with Crippen LogP contribution in [0, 0.1) is 0 Å². The number of benzene rings is 1. The number of carbonyl (C=O) groups is 1. The van der Waals surface area contributed by atoms with E-state index in [1.54, 1.807) is 17.7 Å². The van der Waals surface area contributed by atoms with E-state index in [2.05, 4.69) is 26.1 Å². The summed E-state index contributed by atoms with van der Waals surface area (Å²) < 4.78 is 2.55. The van der Waals surface area contributed by atoms with Crippen LogP contribution in [0.3, 0.4) is 0 Å². The summed E-state index contributed by atoms with van der Waals surface area (Å²) in [4.78, 5) is 10.5. The molecule has 2 rings (SSSR count). The molecule has 0 spiro atoms. The Morgan fingerprint density at radius 3 is 2.89 bits per heavy atom. The van der Waals surface area contributed by atoms with E-state index in [9.17, 15) is 4.79 Å². The fourth-order valence-corrected chi connectivity index (χ4v) is 2.51. The number of aromatic nitrogens is 3. The van der Waals surface area contributed by atoms with Gasteiger partial charge >= 0.3 is 5.97 Å². The zero-order valence-electron chi connectivity index (χ0n) is 9.80. The second kappa shape index (κ2) is 5.94. The summed E-state index contributed by atoms with van der Waals surface area (Å²) in [5.41, 5.74) is 0.824. The van der Waals surface area contributed by atoms with Crippen LogP contribution in [0.25, 0.3) is 11.4 Å². The molecule has 1 aromatic heterocycles. The van der Waals surface area contributed by atoms with Gasteiger partial charge in [-0.05, 0) is 34.1 Å². The van der Waals surface area contributed by atoms with Crippen LogP contribution >= 0.6 is 39.3 Å². The molecule has 100 valence electrons. The predicted octanol–water partition coefficient (Wildman–Crippen LogP) is 3.07. The van der Waals surface area contributed by atoms with Crippen LogP contribution in [0.15, 0.2) is 27.8 Å². The molecule has 1 N–H and O–H groups in total. The lowest BCUT2D eigenvalue weighted by Crippen LogP contribution is -2.01. The van der Waals surface area contributed by atoms with Gasteiger partial charge in [-0.15, -0.1) is 10.2 Å². The molecular weight excluding hydrogens is 354 g/mol. The molecule has 0 saturated heterocycles. The third kappa shape index (κ3) is 3.29. The Morgan fingerprint density at radius 2 is 2.26 bits per heavy atom. The van der Waals surface area contributed by atoms with Crippen molar-refractivity contribution in [1.82, 2.24) is 14.8 Å². The molecular formula is C11H9BrClN3O2S. The van der Waals surface area contributed by atoms with Crippen molar-refractivity contribution < 1.29 is 9.90 Å². The summed E-state index contributed by atoms with van der Waals surface area (Å²) in [7, 11) is 1.79. The topological polar surface area (TPSA) is 68.0 Å². The monoisotopic (exact) mass is 361 g/mol. The summed E-state index contributed by atoms with van der Waals surface area (Å²) in [6.07, 6.45) is 0. The smallest absolute Gasteiger partial charge is 0.313 e. The lowest BCUT2D eigenvalue weighted by Gasteiger charge is -2.04. The van der Waals surface area contributed by atoms with Crippen molar-refractivity contribution in [2.45, 2.75) is 5.16 Å². The number of carboxylic acid groups (broad SMARTS) is 1. The molecule has 19 heavy (non-hydrogen) atoms. The van der Waals surface area contributed by atoms with E-state index in [0.29, 0.717) is 16.0 Å². The van der Waals surface area contributed by atoms with Crippen molar-refractivity contribution in [3.63, 3.8) is 0 Å². The zero-order valence-corrected chi connectivity index (χ0v) is 13.0. The van der Waals surface area contributed by atoms with Crippen LogP contribution in [0.2, 0.25) is 5.02 Å². The number of carboxylic acids is 1. The first-order valence-electron chi connectivity index (χ1n) is 5.18. The van der Waals surface area contributed by atoms with Gasteiger partial charge in [0.2, 0.25) is 0 Å². The lowest BCUT2D eigenvalue weighted by molar-refractivity contribution is -0.133. The molecule has 0 atom stereocenters. The summed E-state index contributed by atoms with van der Waals surface area (Å²) >= 11 is 10.5. The minimum Gasteiger partial charge on any atom is -0.481 e. The molecule has 2 aromatic rings. The Morgan fingerprint density at radius 1 is 1.53 bits per heavy atom. The quantitative estimate of drug-likeness (QED) is 0.847. The van der Waals surface area contributed by atoms with Crippen molar-refractivity contribution in [1.29, 1.82) is 0 Å². The van der Waals surface area contributed by atoms with Crippen LogP contribution in [0.4, 0.5) is 0 Å². The summed E-state index contributed by atoms with van der Waals surface area (Å²) in [6, 6.07) is 5.48. The number of rotatable bonds is 4. The van der Waals surface area contributed by atoms with Crippen molar-refractivity contribution in [3.8, 4) is 11.4 Å². The highest BCUT2D eigenvalue weighted by Gasteiger charge is 2.13. The van der Waals surface area contributed by atoms with Crippen LogP contribution in [-0.2, 0) is 11.8 Å². The molecule has 0 bridgehead atoms. The maximum absolute atomic E-state index is 10.5. The number of thioether (sulfide) groups is 1. The molecule has 0 radical (unpaired) electrons. The van der Waals surface area contributed by atoms with Gasteiger partial charge in [0, 0.05) is 17.1 Å². The largest absolute Gasteiger partial charge is 0.481 e. The number of hydrogen-bond acceptors (Lipinski definition) is 4. The first-order valence-corrected chi connectivity index (χ1v) is 7.34. The Bertz CT molecular complexity index is 632. The van der Waals surface area contributed by atoms with Crippen molar-refractivity contribution >= 4 is 45.3 Å². The van der Waals surface area contributed by atoms with Crippen LogP contribution in [0.1, 0.15) is 0 Å². The normalized spacial score (nSPS) is 10.7. The SMILES string of the molecule is Cn1c(SCC(=O)O)nnc1-c1ccc(Br)c(Cl)c1. The second-order valence-corrected chi connectivity index (χ2v) is 5.88. The molecule has 8 heteroatoms. The van der Waals surface area contributed by atoms with Gasteiger partial charge in [0.25, 0.3) is 0 Å². The highest BCUT2D eigenvalue weighted by molar-refractivity contribution is 9.10. The van der Waals surface area contributed by atoms with Crippen molar-refractivity contribution in [2.75, 3.05) is 5.75 Å². The van der Waals surface area contributed by atoms with Crippen LogP contribution < -0.4 is 0 Å². The fraction of sp³-hybridized carbons (Fsp3) is 0.182. The van der Waals surface area contributed by atoms with E-state index in [0.717, 1.165) is 21.8 Å². The minimum absolute atomic E-state index is 0.0485. The second-order valence-electron chi connectivity index (χ2n) is 3.68. The van der Waals surface area contributed by atoms with Gasteiger partial charge in [-0.2, -0.15) is 0 Å². The Hall–Kier alpha value is -1.05. The van der Waals surface area contributed by atoms with Gasteiger partial charge in [-0.1, -0.05) is 23.4 Å². The Kier molecular flexibility index (Phi) is 4.49. The third-order valence-corrected chi connectivity index (χ3v) is 4.57. The maximum atomic E-state index is 10.5. The van der Waals surface area contributed by atoms with E-state index in [1.165, 1.54) is 0 Å². The van der Waals surface area contributed by atoms with Gasteiger partial charge in [0.1, 0.15) is 0 Å². The number of hydrogen-bond donors (Lipinski definition) is 1. The van der Waals surface area contributed by atoms with Crippen LogP contribution in [-0.4, -0.2) is 31.6 Å². The Labute approximate surface area is 127 Å². The van der Waals surface area contributed by atoms with Crippen molar-refractivity contribution in [2.24, 2.45) is 7.05 Å². The standard InChI is InChI=1S/C11H9BrClN3O2S/c1-16-10(6-2-3-7(12)8(13)4-6)14-15-11(16)19-5-9(17)18/h2-4H,5H2,1H3,(H,17,18). The first kappa shape index (κ1) is 14.4. The molecule has 0 aliphatic carbocycles. The maximum Gasteiger partial charge on any atom is 0.313 e. The van der Waals surface area contributed by atoms with E-state index in [4.69, 9.17) is 16.7 Å². The number of aliphatic carboxylic acids is 1. The van der Waals surface area contributed by atoms with E-state index >= 15 is 0 Å². The van der Waals surface area contributed by atoms with Gasteiger partial charge < -0.3 is 9.67 Å². The average molecular weight is 363 g/mol. The predicted molar refractivity (Wildman–Crippen MR) is 77.5 cm³/mol. The summed E-state index contributed by atoms with van der Waals surface area (Å²) in [6.45, 7) is 0. The molecule has 0 aliphatic rings. The van der Waals surface area contributed by atoms with E-state index in [-0.39, 0.29) is 5.75 Å². The molecule has 1 heterocycles. The van der Waals surface area contributed by atoms with E-state index in [1.807, 2.05) is 12.1 Å². The molecule has 0 unspecified atom stereocenters.